The van der Waals surface area contributed by atoms with Crippen molar-refractivity contribution in [3.63, 3.8) is 0 Å². The van der Waals surface area contributed by atoms with Gasteiger partial charge in [-0.05, 0) is 19.4 Å². The lowest BCUT2D eigenvalue weighted by atomic mass is 10.2. The van der Waals surface area contributed by atoms with Crippen molar-refractivity contribution in [2.75, 3.05) is 13.7 Å². The van der Waals surface area contributed by atoms with Gasteiger partial charge in [-0.1, -0.05) is 6.92 Å². The molecule has 0 saturated carbocycles. The standard InChI is InChI=1S/C11H19N3O/c1-4-10(8-15-3)13-7-11-5-6-12-9(2)14-11/h5-6,10,13H,4,7-8H2,1-3H3. The van der Waals surface area contributed by atoms with Crippen molar-refractivity contribution in [1.29, 1.82) is 0 Å². The Bertz CT molecular complexity index is 291. The Morgan fingerprint density at radius 3 is 2.93 bits per heavy atom. The maximum atomic E-state index is 5.11. The predicted octanol–water partition coefficient (Wildman–Crippen LogP) is 1.30. The lowest BCUT2D eigenvalue weighted by Crippen LogP contribution is -2.32. The molecule has 0 bridgehead atoms. The number of rotatable bonds is 6. The van der Waals surface area contributed by atoms with Crippen LogP contribution in [0.25, 0.3) is 0 Å². The first-order chi connectivity index (χ1) is 7.26. The molecule has 1 aromatic rings. The van der Waals surface area contributed by atoms with E-state index in [-0.39, 0.29) is 0 Å². The Morgan fingerprint density at radius 2 is 2.33 bits per heavy atom. The van der Waals surface area contributed by atoms with Gasteiger partial charge in [-0.15, -0.1) is 0 Å². The molecule has 0 fully saturated rings. The van der Waals surface area contributed by atoms with Crippen LogP contribution in [0, 0.1) is 6.92 Å². The van der Waals surface area contributed by atoms with E-state index in [9.17, 15) is 0 Å². The fourth-order valence-corrected chi connectivity index (χ4v) is 1.37. The summed E-state index contributed by atoms with van der Waals surface area (Å²) in [6, 6.07) is 2.32. The van der Waals surface area contributed by atoms with Gasteiger partial charge in [0.2, 0.25) is 0 Å². The zero-order chi connectivity index (χ0) is 11.1. The normalized spacial score (nSPS) is 12.7. The van der Waals surface area contributed by atoms with E-state index in [1.165, 1.54) is 0 Å². The molecular weight excluding hydrogens is 190 g/mol. The molecule has 0 saturated heterocycles. The topological polar surface area (TPSA) is 47.0 Å². The Hall–Kier alpha value is -1.00. The van der Waals surface area contributed by atoms with Crippen molar-refractivity contribution in [2.45, 2.75) is 32.9 Å². The molecule has 1 N–H and O–H groups in total. The molecule has 15 heavy (non-hydrogen) atoms. The second-order valence-corrected chi connectivity index (χ2v) is 3.54. The molecule has 0 aliphatic rings. The minimum absolute atomic E-state index is 0.394. The molecule has 4 nitrogen and oxygen atoms in total. The third-order valence-electron chi connectivity index (χ3n) is 2.27. The molecule has 1 aromatic heterocycles. The van der Waals surface area contributed by atoms with E-state index in [1.54, 1.807) is 13.3 Å². The van der Waals surface area contributed by atoms with Crippen molar-refractivity contribution in [3.05, 3.63) is 23.8 Å². The molecule has 1 atom stereocenters. The Balaban J connectivity index is 2.41. The van der Waals surface area contributed by atoms with E-state index in [4.69, 9.17) is 4.74 Å². The van der Waals surface area contributed by atoms with Crippen molar-refractivity contribution < 1.29 is 4.74 Å². The van der Waals surface area contributed by atoms with Crippen LogP contribution in [0.2, 0.25) is 0 Å². The van der Waals surface area contributed by atoms with Crippen LogP contribution in [0.5, 0.6) is 0 Å². The molecule has 0 aliphatic heterocycles. The Labute approximate surface area is 91.1 Å². The average Bonchev–Trinajstić information content (AvgIpc) is 2.24. The highest BCUT2D eigenvalue weighted by atomic mass is 16.5. The molecule has 0 aliphatic carbocycles. The molecule has 1 heterocycles. The quantitative estimate of drug-likeness (QED) is 0.767. The third-order valence-corrected chi connectivity index (χ3v) is 2.27. The molecule has 84 valence electrons. The number of ether oxygens (including phenoxy) is 1. The van der Waals surface area contributed by atoms with Crippen molar-refractivity contribution in [1.82, 2.24) is 15.3 Å². The summed E-state index contributed by atoms with van der Waals surface area (Å²) in [6.07, 6.45) is 2.84. The van der Waals surface area contributed by atoms with Crippen molar-refractivity contribution in [2.24, 2.45) is 0 Å². The van der Waals surface area contributed by atoms with Gasteiger partial charge in [0.05, 0.1) is 12.3 Å². The molecule has 0 radical (unpaired) electrons. The minimum atomic E-state index is 0.394. The average molecular weight is 209 g/mol. The summed E-state index contributed by atoms with van der Waals surface area (Å²) in [5.41, 5.74) is 1.03. The summed E-state index contributed by atoms with van der Waals surface area (Å²) in [5.74, 6) is 0.814. The minimum Gasteiger partial charge on any atom is -0.383 e. The van der Waals surface area contributed by atoms with Gasteiger partial charge in [-0.2, -0.15) is 0 Å². The number of aromatic nitrogens is 2. The lowest BCUT2D eigenvalue weighted by Gasteiger charge is -2.15. The molecule has 4 heteroatoms. The summed E-state index contributed by atoms with van der Waals surface area (Å²) >= 11 is 0. The lowest BCUT2D eigenvalue weighted by molar-refractivity contribution is 0.163. The zero-order valence-electron chi connectivity index (χ0n) is 9.66. The predicted molar refractivity (Wildman–Crippen MR) is 59.6 cm³/mol. The summed E-state index contributed by atoms with van der Waals surface area (Å²) in [5, 5.41) is 3.40. The fourth-order valence-electron chi connectivity index (χ4n) is 1.37. The number of hydrogen-bond acceptors (Lipinski definition) is 4. The number of aryl methyl sites for hydroxylation is 1. The van der Waals surface area contributed by atoms with Gasteiger partial charge in [0, 0.05) is 25.9 Å². The summed E-state index contributed by atoms with van der Waals surface area (Å²) in [4.78, 5) is 8.38. The Morgan fingerprint density at radius 1 is 1.53 bits per heavy atom. The van der Waals surface area contributed by atoms with E-state index in [2.05, 4.69) is 22.2 Å². The maximum absolute atomic E-state index is 5.11. The zero-order valence-corrected chi connectivity index (χ0v) is 9.66. The summed E-state index contributed by atoms with van der Waals surface area (Å²) in [6.45, 7) is 5.55. The van der Waals surface area contributed by atoms with Gasteiger partial charge in [-0.25, -0.2) is 9.97 Å². The van der Waals surface area contributed by atoms with Gasteiger partial charge in [0.25, 0.3) is 0 Å². The largest absolute Gasteiger partial charge is 0.383 e. The first kappa shape index (κ1) is 12.1. The van der Waals surface area contributed by atoms with Gasteiger partial charge in [0.1, 0.15) is 5.82 Å². The van der Waals surface area contributed by atoms with Gasteiger partial charge < -0.3 is 10.1 Å². The van der Waals surface area contributed by atoms with Crippen LogP contribution in [-0.4, -0.2) is 29.7 Å². The molecule has 0 amide bonds. The number of methoxy groups -OCH3 is 1. The second kappa shape index (κ2) is 6.48. The molecular formula is C11H19N3O. The van der Waals surface area contributed by atoms with Crippen LogP contribution in [0.1, 0.15) is 24.9 Å². The highest BCUT2D eigenvalue weighted by molar-refractivity contribution is 5.01. The van der Waals surface area contributed by atoms with Crippen molar-refractivity contribution in [3.8, 4) is 0 Å². The number of nitrogens with zero attached hydrogens (tertiary/aromatic N) is 2. The van der Waals surface area contributed by atoms with Crippen LogP contribution >= 0.6 is 0 Å². The highest BCUT2D eigenvalue weighted by Crippen LogP contribution is 1.97. The van der Waals surface area contributed by atoms with Crippen LogP contribution in [0.4, 0.5) is 0 Å². The van der Waals surface area contributed by atoms with Crippen LogP contribution in [0.3, 0.4) is 0 Å². The molecule has 1 unspecified atom stereocenters. The van der Waals surface area contributed by atoms with Crippen molar-refractivity contribution >= 4 is 0 Å². The molecule has 1 rings (SSSR count). The van der Waals surface area contributed by atoms with Gasteiger partial charge >= 0.3 is 0 Å². The van der Waals surface area contributed by atoms with E-state index < -0.39 is 0 Å². The maximum Gasteiger partial charge on any atom is 0.125 e. The van der Waals surface area contributed by atoms with Gasteiger partial charge in [0.15, 0.2) is 0 Å². The highest BCUT2D eigenvalue weighted by Gasteiger charge is 2.05. The number of hydrogen-bond donors (Lipinski definition) is 1. The first-order valence-electron chi connectivity index (χ1n) is 5.27. The molecule has 0 spiro atoms. The van der Waals surface area contributed by atoms with Crippen LogP contribution in [-0.2, 0) is 11.3 Å². The second-order valence-electron chi connectivity index (χ2n) is 3.54. The Kier molecular flexibility index (Phi) is 5.21. The van der Waals surface area contributed by atoms with Crippen LogP contribution < -0.4 is 5.32 Å². The summed E-state index contributed by atoms with van der Waals surface area (Å²) < 4.78 is 5.11. The SMILES string of the molecule is CCC(COC)NCc1ccnc(C)n1. The van der Waals surface area contributed by atoms with E-state index in [0.29, 0.717) is 6.04 Å². The van der Waals surface area contributed by atoms with Gasteiger partial charge in [-0.3, -0.25) is 0 Å². The van der Waals surface area contributed by atoms with E-state index in [0.717, 1.165) is 31.1 Å². The monoisotopic (exact) mass is 209 g/mol. The fraction of sp³-hybridized carbons (Fsp3) is 0.636. The van der Waals surface area contributed by atoms with Crippen LogP contribution in [0.15, 0.2) is 12.3 Å². The molecule has 0 aromatic carbocycles. The van der Waals surface area contributed by atoms with E-state index in [1.807, 2.05) is 13.0 Å². The summed E-state index contributed by atoms with van der Waals surface area (Å²) in [7, 11) is 1.72. The smallest absolute Gasteiger partial charge is 0.125 e. The number of nitrogens with one attached hydrogen (secondary N) is 1. The third kappa shape index (κ3) is 4.36. The van der Waals surface area contributed by atoms with E-state index >= 15 is 0 Å². The first-order valence-corrected chi connectivity index (χ1v) is 5.27.